The van der Waals surface area contributed by atoms with Crippen LogP contribution < -0.4 is 5.32 Å². The number of rotatable bonds is 4. The van der Waals surface area contributed by atoms with Crippen LogP contribution in [0.15, 0.2) is 36.7 Å². The summed E-state index contributed by atoms with van der Waals surface area (Å²) in [6.07, 6.45) is 6.24. The van der Waals surface area contributed by atoms with Crippen LogP contribution in [0.3, 0.4) is 0 Å². The van der Waals surface area contributed by atoms with Gasteiger partial charge in [-0.05, 0) is 63.2 Å². The number of hydrogen-bond acceptors (Lipinski definition) is 3. The standard InChI is InChI=1S/C16H21ClN4/c1-20-9-5-13(6-10-20)12-18-15-11-14(17)3-4-16(15)21-8-2-7-19-21/h2-4,7-8,11,13,18H,5-6,9-10,12H2,1H3. The van der Waals surface area contributed by atoms with E-state index in [1.165, 1.54) is 25.9 Å². The number of hydrogen-bond donors (Lipinski definition) is 1. The Morgan fingerprint density at radius 1 is 1.33 bits per heavy atom. The number of anilines is 1. The molecule has 1 fully saturated rings. The summed E-state index contributed by atoms with van der Waals surface area (Å²) in [4.78, 5) is 2.39. The second kappa shape index (κ2) is 6.50. The maximum Gasteiger partial charge on any atom is 0.0877 e. The molecule has 1 saturated heterocycles. The van der Waals surface area contributed by atoms with Gasteiger partial charge in [-0.3, -0.25) is 0 Å². The highest BCUT2D eigenvalue weighted by atomic mass is 35.5. The number of nitrogens with zero attached hydrogens (tertiary/aromatic N) is 3. The molecule has 2 aromatic rings. The first-order valence-electron chi connectivity index (χ1n) is 7.44. The molecule has 0 bridgehead atoms. The second-order valence-electron chi connectivity index (χ2n) is 5.74. The van der Waals surface area contributed by atoms with Gasteiger partial charge in [0.05, 0.1) is 11.4 Å². The van der Waals surface area contributed by atoms with E-state index >= 15 is 0 Å². The van der Waals surface area contributed by atoms with Gasteiger partial charge in [-0.1, -0.05) is 11.6 Å². The minimum Gasteiger partial charge on any atom is -0.383 e. The highest BCUT2D eigenvalue weighted by Gasteiger charge is 2.17. The second-order valence-corrected chi connectivity index (χ2v) is 6.18. The highest BCUT2D eigenvalue weighted by Crippen LogP contribution is 2.25. The number of nitrogens with one attached hydrogen (secondary N) is 1. The first-order valence-corrected chi connectivity index (χ1v) is 7.82. The molecule has 0 spiro atoms. The van der Waals surface area contributed by atoms with Gasteiger partial charge < -0.3 is 10.2 Å². The lowest BCUT2D eigenvalue weighted by Crippen LogP contribution is -2.33. The molecule has 1 aliphatic rings. The Hall–Kier alpha value is -1.52. The molecule has 0 aliphatic carbocycles. The van der Waals surface area contributed by atoms with Crippen LogP contribution in [-0.2, 0) is 0 Å². The molecule has 1 aromatic carbocycles. The minimum atomic E-state index is 0.727. The third-order valence-electron chi connectivity index (χ3n) is 4.13. The molecule has 1 aliphatic heterocycles. The fourth-order valence-corrected chi connectivity index (χ4v) is 2.95. The summed E-state index contributed by atoms with van der Waals surface area (Å²) in [6, 6.07) is 7.81. The molecular formula is C16H21ClN4. The monoisotopic (exact) mass is 304 g/mol. The zero-order chi connectivity index (χ0) is 14.7. The van der Waals surface area contributed by atoms with Gasteiger partial charge >= 0.3 is 0 Å². The molecule has 1 aromatic heterocycles. The molecule has 5 heteroatoms. The van der Waals surface area contributed by atoms with Gasteiger partial charge in [-0.25, -0.2) is 4.68 Å². The van der Waals surface area contributed by atoms with Gasteiger partial charge in [0.2, 0.25) is 0 Å². The minimum absolute atomic E-state index is 0.727. The van der Waals surface area contributed by atoms with Crippen molar-refractivity contribution in [1.29, 1.82) is 0 Å². The van der Waals surface area contributed by atoms with E-state index in [4.69, 9.17) is 11.6 Å². The largest absolute Gasteiger partial charge is 0.383 e. The Morgan fingerprint density at radius 3 is 2.86 bits per heavy atom. The molecule has 1 N–H and O–H groups in total. The van der Waals surface area contributed by atoms with E-state index in [1.54, 1.807) is 6.20 Å². The van der Waals surface area contributed by atoms with Crippen molar-refractivity contribution >= 4 is 17.3 Å². The van der Waals surface area contributed by atoms with Crippen LogP contribution in [0.1, 0.15) is 12.8 Å². The smallest absolute Gasteiger partial charge is 0.0877 e. The van der Waals surface area contributed by atoms with Crippen molar-refractivity contribution in [2.45, 2.75) is 12.8 Å². The average Bonchev–Trinajstić information content (AvgIpc) is 3.01. The summed E-state index contributed by atoms with van der Waals surface area (Å²) in [5.74, 6) is 0.727. The van der Waals surface area contributed by atoms with E-state index in [0.717, 1.165) is 28.9 Å². The average molecular weight is 305 g/mol. The van der Waals surface area contributed by atoms with E-state index in [2.05, 4.69) is 22.4 Å². The summed E-state index contributed by atoms with van der Waals surface area (Å²) >= 11 is 6.14. The molecule has 0 saturated carbocycles. The van der Waals surface area contributed by atoms with Gasteiger partial charge in [0.25, 0.3) is 0 Å². The summed E-state index contributed by atoms with van der Waals surface area (Å²) < 4.78 is 1.87. The normalized spacial score (nSPS) is 17.0. The van der Waals surface area contributed by atoms with Crippen LogP contribution >= 0.6 is 11.6 Å². The predicted molar refractivity (Wildman–Crippen MR) is 87.3 cm³/mol. The maximum atomic E-state index is 6.14. The van der Waals surface area contributed by atoms with Crippen molar-refractivity contribution in [3.8, 4) is 5.69 Å². The van der Waals surface area contributed by atoms with E-state index in [0.29, 0.717) is 0 Å². The Labute approximate surface area is 130 Å². The zero-order valence-electron chi connectivity index (χ0n) is 12.3. The van der Waals surface area contributed by atoms with Crippen molar-refractivity contribution < 1.29 is 0 Å². The summed E-state index contributed by atoms with van der Waals surface area (Å²) in [6.45, 7) is 3.37. The summed E-state index contributed by atoms with van der Waals surface area (Å²) in [7, 11) is 2.19. The van der Waals surface area contributed by atoms with Crippen molar-refractivity contribution in [1.82, 2.24) is 14.7 Å². The van der Waals surface area contributed by atoms with Crippen LogP contribution in [0.2, 0.25) is 5.02 Å². The SMILES string of the molecule is CN1CCC(CNc2cc(Cl)ccc2-n2cccn2)CC1. The molecule has 0 radical (unpaired) electrons. The highest BCUT2D eigenvalue weighted by molar-refractivity contribution is 6.31. The topological polar surface area (TPSA) is 33.1 Å². The van der Waals surface area contributed by atoms with Gasteiger partial charge in [0.15, 0.2) is 0 Å². The Kier molecular flexibility index (Phi) is 4.46. The summed E-state index contributed by atoms with van der Waals surface area (Å²) in [5.41, 5.74) is 2.09. The van der Waals surface area contributed by atoms with E-state index in [1.807, 2.05) is 35.1 Å². The van der Waals surface area contributed by atoms with Gasteiger partial charge in [0, 0.05) is 24.0 Å². The molecule has 0 atom stereocenters. The Balaban J connectivity index is 1.71. The van der Waals surface area contributed by atoms with E-state index < -0.39 is 0 Å². The lowest BCUT2D eigenvalue weighted by Gasteiger charge is -2.29. The number of aromatic nitrogens is 2. The van der Waals surface area contributed by atoms with E-state index in [9.17, 15) is 0 Å². The number of piperidine rings is 1. The van der Waals surface area contributed by atoms with Gasteiger partial charge in [-0.2, -0.15) is 5.10 Å². The zero-order valence-corrected chi connectivity index (χ0v) is 13.1. The molecule has 3 rings (SSSR count). The van der Waals surface area contributed by atoms with Crippen molar-refractivity contribution in [2.75, 3.05) is 32.0 Å². The number of halogens is 1. The first kappa shape index (κ1) is 14.4. The Bertz CT molecular complexity index is 574. The van der Waals surface area contributed by atoms with Crippen LogP contribution in [0.5, 0.6) is 0 Å². The van der Waals surface area contributed by atoms with Gasteiger partial charge in [0.1, 0.15) is 0 Å². The van der Waals surface area contributed by atoms with Gasteiger partial charge in [-0.15, -0.1) is 0 Å². The fraction of sp³-hybridized carbons (Fsp3) is 0.438. The molecule has 2 heterocycles. The summed E-state index contributed by atoms with van der Waals surface area (Å²) in [5, 5.41) is 8.62. The first-order chi connectivity index (χ1) is 10.2. The number of likely N-dealkylation sites (tertiary alicyclic amines) is 1. The number of benzene rings is 1. The lowest BCUT2D eigenvalue weighted by atomic mass is 9.97. The fourth-order valence-electron chi connectivity index (χ4n) is 2.78. The predicted octanol–water partition coefficient (Wildman–Crippen LogP) is 3.28. The third-order valence-corrected chi connectivity index (χ3v) is 4.36. The van der Waals surface area contributed by atoms with Crippen LogP contribution in [0.25, 0.3) is 5.69 Å². The third kappa shape index (κ3) is 3.57. The van der Waals surface area contributed by atoms with Crippen LogP contribution in [0, 0.1) is 5.92 Å². The van der Waals surface area contributed by atoms with Crippen molar-refractivity contribution in [2.24, 2.45) is 5.92 Å². The van der Waals surface area contributed by atoms with Crippen molar-refractivity contribution in [3.05, 3.63) is 41.7 Å². The molecule has 4 nitrogen and oxygen atoms in total. The molecular weight excluding hydrogens is 284 g/mol. The van der Waals surface area contributed by atoms with Crippen LogP contribution in [-0.4, -0.2) is 41.4 Å². The maximum absolute atomic E-state index is 6.14. The molecule has 21 heavy (non-hydrogen) atoms. The molecule has 0 unspecified atom stereocenters. The Morgan fingerprint density at radius 2 is 2.14 bits per heavy atom. The lowest BCUT2D eigenvalue weighted by molar-refractivity contribution is 0.226. The van der Waals surface area contributed by atoms with Crippen LogP contribution in [0.4, 0.5) is 5.69 Å². The molecule has 112 valence electrons. The van der Waals surface area contributed by atoms with E-state index in [-0.39, 0.29) is 0 Å². The molecule has 0 amide bonds. The van der Waals surface area contributed by atoms with Crippen molar-refractivity contribution in [3.63, 3.8) is 0 Å². The quantitative estimate of drug-likeness (QED) is 0.941.